The molecule has 16 aromatic carbocycles. The molecule has 1 aliphatic carbocycles. The molecule has 0 saturated heterocycles. The zero-order chi connectivity index (χ0) is 68.3. The summed E-state index contributed by atoms with van der Waals surface area (Å²) in [6.45, 7) is 0. The van der Waals surface area contributed by atoms with E-state index in [0.29, 0.717) is 0 Å². The summed E-state index contributed by atoms with van der Waals surface area (Å²) in [5.41, 5.74) is 28.2. The molecule has 4 heterocycles. The molecular formula is C100H62N4. The van der Waals surface area contributed by atoms with Crippen molar-refractivity contribution in [1.82, 2.24) is 19.9 Å². The molecular weight excluding hydrogens is 1260 g/mol. The van der Waals surface area contributed by atoms with Crippen LogP contribution in [-0.2, 0) is 0 Å². The molecule has 0 atom stereocenters. The molecule has 18 aromatic rings. The van der Waals surface area contributed by atoms with Gasteiger partial charge < -0.3 is 9.97 Å². The van der Waals surface area contributed by atoms with Gasteiger partial charge in [-0.3, -0.25) is 0 Å². The summed E-state index contributed by atoms with van der Waals surface area (Å²) in [5.74, 6) is 0. The minimum absolute atomic E-state index is 0.858. The fourth-order valence-corrected chi connectivity index (χ4v) is 16.9. The molecule has 482 valence electrons. The maximum Gasteiger partial charge on any atom is 0.0816 e. The van der Waals surface area contributed by atoms with E-state index in [1.165, 1.54) is 0 Å². The van der Waals surface area contributed by atoms with Gasteiger partial charge in [-0.15, -0.1) is 0 Å². The van der Waals surface area contributed by atoms with Gasteiger partial charge in [-0.25, -0.2) is 9.97 Å². The van der Waals surface area contributed by atoms with E-state index in [-0.39, 0.29) is 0 Å². The van der Waals surface area contributed by atoms with E-state index < -0.39 is 0 Å². The number of hydrogen-bond acceptors (Lipinski definition) is 2. The van der Waals surface area contributed by atoms with Gasteiger partial charge in [0.15, 0.2) is 0 Å². The Morgan fingerprint density at radius 3 is 0.538 bits per heavy atom. The maximum atomic E-state index is 6.54. The first kappa shape index (κ1) is 59.1. The summed E-state index contributed by atoms with van der Waals surface area (Å²) < 4.78 is 0. The summed E-state index contributed by atoms with van der Waals surface area (Å²) in [6, 6.07) is 134. The highest BCUT2D eigenvalue weighted by atomic mass is 14.8. The van der Waals surface area contributed by atoms with Crippen molar-refractivity contribution in [2.24, 2.45) is 0 Å². The molecule has 4 nitrogen and oxygen atoms in total. The second-order valence-electron chi connectivity index (χ2n) is 27.5. The maximum absolute atomic E-state index is 6.54. The first-order valence-electron chi connectivity index (χ1n) is 35.8. The predicted octanol–water partition coefficient (Wildman–Crippen LogP) is 27.2. The Kier molecular flexibility index (Phi) is 13.6. The van der Waals surface area contributed by atoms with Gasteiger partial charge in [0.1, 0.15) is 0 Å². The average molecular weight is 1320 g/mol. The summed E-state index contributed by atoms with van der Waals surface area (Å²) >= 11 is 0. The highest BCUT2D eigenvalue weighted by Crippen LogP contribution is 2.56. The van der Waals surface area contributed by atoms with Crippen LogP contribution in [0.5, 0.6) is 0 Å². The lowest BCUT2D eigenvalue weighted by molar-refractivity contribution is 1.39. The summed E-state index contributed by atoms with van der Waals surface area (Å²) in [5, 5.41) is 13.2. The summed E-state index contributed by atoms with van der Waals surface area (Å²) in [4.78, 5) is 22.1. The third-order valence-corrected chi connectivity index (χ3v) is 21.7. The van der Waals surface area contributed by atoms with Crippen LogP contribution in [0.2, 0.25) is 0 Å². The SMILES string of the molecule is c1ccc(-c2ccccc2-c2c3nc(c(-c4ccccc4-c4ccccc4)c4[nH]c(c(-c5ccccc5-c5ccccc5)c5nc(c(-c6ccccc6-c6ccccc6)c6[nH]c2c2cc7ccccc7cc62)-c2cc6ccccc6cc2-5)c2cc5ccccc5cc42)-c2cc4ccccc4cc2-3)cc1. The van der Waals surface area contributed by atoms with Crippen molar-refractivity contribution in [2.75, 3.05) is 0 Å². The molecule has 2 aliphatic heterocycles. The molecule has 4 heteroatoms. The molecule has 8 bridgehead atoms. The molecule has 0 unspecified atom stereocenters. The van der Waals surface area contributed by atoms with Crippen LogP contribution < -0.4 is 0 Å². The lowest BCUT2D eigenvalue weighted by atomic mass is 9.88. The van der Waals surface area contributed by atoms with Gasteiger partial charge in [0.25, 0.3) is 0 Å². The molecule has 3 aliphatic rings. The van der Waals surface area contributed by atoms with Gasteiger partial charge in [0.2, 0.25) is 0 Å². The van der Waals surface area contributed by atoms with E-state index in [0.717, 1.165) is 221 Å². The van der Waals surface area contributed by atoms with Crippen LogP contribution in [0.15, 0.2) is 364 Å². The third kappa shape index (κ3) is 9.46. The number of hydrogen-bond donors (Lipinski definition) is 2. The Bertz CT molecular complexity index is 6120. The minimum Gasteiger partial charge on any atom is -0.353 e. The van der Waals surface area contributed by atoms with Gasteiger partial charge in [0.05, 0.1) is 44.8 Å². The Balaban J connectivity index is 1.11. The van der Waals surface area contributed by atoms with Crippen molar-refractivity contribution in [1.29, 1.82) is 0 Å². The van der Waals surface area contributed by atoms with E-state index >= 15 is 0 Å². The number of nitrogens with zero attached hydrogens (tertiary/aromatic N) is 2. The van der Waals surface area contributed by atoms with Crippen molar-refractivity contribution < 1.29 is 0 Å². The van der Waals surface area contributed by atoms with E-state index in [1.54, 1.807) is 0 Å². The molecule has 0 saturated carbocycles. The molecule has 21 rings (SSSR count). The van der Waals surface area contributed by atoms with Crippen molar-refractivity contribution in [2.45, 2.75) is 0 Å². The first-order valence-corrected chi connectivity index (χ1v) is 35.8. The van der Waals surface area contributed by atoms with Crippen molar-refractivity contribution in [3.05, 3.63) is 364 Å². The Morgan fingerprint density at radius 2 is 0.327 bits per heavy atom. The quantitative estimate of drug-likeness (QED) is 0.159. The first-order chi connectivity index (χ1) is 51.6. The number of H-pyrrole nitrogens is 2. The number of nitrogens with one attached hydrogen (secondary N) is 2. The van der Waals surface area contributed by atoms with Crippen molar-refractivity contribution >= 4 is 86.7 Å². The van der Waals surface area contributed by atoms with Crippen LogP contribution in [-0.4, -0.2) is 19.9 Å². The van der Waals surface area contributed by atoms with Crippen LogP contribution >= 0.6 is 0 Å². The van der Waals surface area contributed by atoms with Gasteiger partial charge in [-0.2, -0.15) is 0 Å². The molecule has 2 aromatic heterocycles. The van der Waals surface area contributed by atoms with E-state index in [4.69, 9.17) is 9.97 Å². The Labute approximate surface area is 600 Å². The number of rotatable bonds is 8. The topological polar surface area (TPSA) is 57.4 Å². The zero-order valence-electron chi connectivity index (χ0n) is 56.5. The second-order valence-corrected chi connectivity index (χ2v) is 27.5. The van der Waals surface area contributed by atoms with E-state index in [2.05, 4.69) is 374 Å². The fraction of sp³-hybridized carbons (Fsp3) is 0. The van der Waals surface area contributed by atoms with Gasteiger partial charge in [-0.05, 0) is 158 Å². The van der Waals surface area contributed by atoms with Crippen LogP contribution in [0.3, 0.4) is 0 Å². The number of aromatic amines is 2. The standard InChI is InChI=1S/C100H62N4/c1-5-29-61(30-6-1)73-45-21-25-49-77(73)89-93-81-53-65-37-13-15-39-67(65)55-83(81)95(101-93)90(78-50-26-22-46-74(78)62-31-7-2-8-32-62)97-85-57-69-41-17-19-43-71(69)59-87(85)99(103-97)92(80-52-28-24-48-76(80)64-35-11-4-12-36-64)100-88-60-72-44-20-18-42-70(72)58-86(88)98(104-100)91(79-51-27-23-47-75(79)63-33-9-3-10-34-63)96-84-56-68-40-16-14-38-66(68)54-82(84)94(89)102-96/h1-60,101,104H. The van der Waals surface area contributed by atoms with Crippen LogP contribution in [0, 0.1) is 0 Å². The second kappa shape index (κ2) is 24.0. The molecule has 0 amide bonds. The number of aromatic nitrogens is 4. The van der Waals surface area contributed by atoms with E-state index in [1.807, 2.05) is 0 Å². The Morgan fingerprint density at radius 1 is 0.154 bits per heavy atom. The minimum atomic E-state index is 0.858. The summed E-state index contributed by atoms with van der Waals surface area (Å²) in [6.07, 6.45) is 0. The van der Waals surface area contributed by atoms with Crippen LogP contribution in [0.25, 0.3) is 221 Å². The molecule has 2 N–H and O–H groups in total. The lowest BCUT2D eigenvalue weighted by Gasteiger charge is -2.14. The molecule has 0 fully saturated rings. The monoisotopic (exact) mass is 1320 g/mol. The molecule has 0 radical (unpaired) electrons. The van der Waals surface area contributed by atoms with E-state index in [9.17, 15) is 0 Å². The largest absolute Gasteiger partial charge is 0.353 e. The van der Waals surface area contributed by atoms with Crippen LogP contribution in [0.1, 0.15) is 0 Å². The fourth-order valence-electron chi connectivity index (χ4n) is 16.9. The lowest BCUT2D eigenvalue weighted by Crippen LogP contribution is -1.91. The highest BCUT2D eigenvalue weighted by molar-refractivity contribution is 6.26. The smallest absolute Gasteiger partial charge is 0.0816 e. The molecule has 0 spiro atoms. The van der Waals surface area contributed by atoms with Crippen molar-refractivity contribution in [3.8, 4) is 134 Å². The zero-order valence-corrected chi connectivity index (χ0v) is 56.5. The number of benzene rings is 16. The Hall–Kier alpha value is -13.8. The van der Waals surface area contributed by atoms with Gasteiger partial charge in [0, 0.05) is 66.1 Å². The molecule has 104 heavy (non-hydrogen) atoms. The van der Waals surface area contributed by atoms with Crippen molar-refractivity contribution in [3.63, 3.8) is 0 Å². The normalized spacial score (nSPS) is 11.8. The average Bonchev–Trinajstić information content (AvgIpc) is 1.55. The summed E-state index contributed by atoms with van der Waals surface area (Å²) in [7, 11) is 0. The third-order valence-electron chi connectivity index (χ3n) is 21.7. The van der Waals surface area contributed by atoms with Gasteiger partial charge in [-0.1, -0.05) is 315 Å². The number of fused-ring (bicyclic) bond motifs is 4. The van der Waals surface area contributed by atoms with Gasteiger partial charge >= 0.3 is 0 Å². The predicted molar refractivity (Wildman–Crippen MR) is 438 cm³/mol. The highest BCUT2D eigenvalue weighted by Gasteiger charge is 2.33. The van der Waals surface area contributed by atoms with Crippen LogP contribution in [0.4, 0.5) is 0 Å².